The second-order valence-corrected chi connectivity index (χ2v) is 6.13. The van der Waals surface area contributed by atoms with Crippen LogP contribution in [0.1, 0.15) is 33.3 Å². The largest absolute Gasteiger partial charge is 0.492 e. The molecular weight excluding hydrogens is 354 g/mol. The van der Waals surface area contributed by atoms with Gasteiger partial charge in [0.05, 0.1) is 12.3 Å². The van der Waals surface area contributed by atoms with E-state index >= 15 is 0 Å². The van der Waals surface area contributed by atoms with Crippen molar-refractivity contribution in [3.05, 3.63) is 83.7 Å². The van der Waals surface area contributed by atoms with Gasteiger partial charge in [-0.3, -0.25) is 14.6 Å². The number of hydrogen-bond acceptors (Lipinski definition) is 4. The number of anilines is 2. The second-order valence-electron chi connectivity index (χ2n) is 6.13. The molecule has 3 rings (SSSR count). The summed E-state index contributed by atoms with van der Waals surface area (Å²) in [5.74, 6) is -0.142. The molecule has 2 aromatic carbocycles. The van der Waals surface area contributed by atoms with Crippen molar-refractivity contribution in [1.82, 2.24) is 4.98 Å². The number of carbonyl (C=O) groups is 2. The molecule has 0 atom stereocenters. The first kappa shape index (κ1) is 19.1. The van der Waals surface area contributed by atoms with Gasteiger partial charge in [-0.25, -0.2) is 0 Å². The Labute approximate surface area is 163 Å². The van der Waals surface area contributed by atoms with Gasteiger partial charge in [0.25, 0.3) is 11.8 Å². The van der Waals surface area contributed by atoms with E-state index in [0.717, 1.165) is 5.56 Å². The van der Waals surface area contributed by atoms with Gasteiger partial charge in [-0.05, 0) is 50.2 Å². The van der Waals surface area contributed by atoms with E-state index in [9.17, 15) is 9.59 Å². The van der Waals surface area contributed by atoms with Gasteiger partial charge in [-0.1, -0.05) is 29.8 Å². The van der Waals surface area contributed by atoms with E-state index in [1.807, 2.05) is 50.2 Å². The van der Waals surface area contributed by atoms with E-state index in [4.69, 9.17) is 4.74 Å². The number of para-hydroxylation sites is 2. The van der Waals surface area contributed by atoms with Crippen LogP contribution in [0.25, 0.3) is 0 Å². The average molecular weight is 375 g/mol. The highest BCUT2D eigenvalue weighted by Crippen LogP contribution is 2.24. The standard InChI is InChI=1S/C22H21N3O3/c1-3-28-20-7-5-4-6-18(20)25-21(26)16-12-13-23-19(14-16)22(27)24-17-10-8-15(2)9-11-17/h4-14H,3H2,1-2H3,(H,24,27)(H,25,26). The molecular formula is C22H21N3O3. The number of ether oxygens (including phenoxy) is 1. The number of benzene rings is 2. The molecule has 0 aliphatic heterocycles. The summed E-state index contributed by atoms with van der Waals surface area (Å²) < 4.78 is 5.52. The fourth-order valence-electron chi connectivity index (χ4n) is 2.57. The number of aryl methyl sites for hydroxylation is 1. The van der Waals surface area contributed by atoms with E-state index in [2.05, 4.69) is 15.6 Å². The van der Waals surface area contributed by atoms with Gasteiger partial charge in [0.15, 0.2) is 0 Å². The molecule has 0 saturated heterocycles. The lowest BCUT2D eigenvalue weighted by molar-refractivity contribution is 0.102. The maximum Gasteiger partial charge on any atom is 0.274 e. The van der Waals surface area contributed by atoms with Crippen molar-refractivity contribution in [3.63, 3.8) is 0 Å². The zero-order chi connectivity index (χ0) is 19.9. The summed E-state index contributed by atoms with van der Waals surface area (Å²) in [7, 11) is 0. The maximum atomic E-state index is 12.6. The highest BCUT2D eigenvalue weighted by Gasteiger charge is 2.14. The predicted octanol–water partition coefficient (Wildman–Crippen LogP) is 4.29. The molecule has 2 amide bonds. The Balaban J connectivity index is 1.74. The summed E-state index contributed by atoms with van der Waals surface area (Å²) in [5, 5.41) is 5.58. The minimum atomic E-state index is -0.381. The van der Waals surface area contributed by atoms with Crippen LogP contribution in [0.5, 0.6) is 5.75 Å². The first-order valence-corrected chi connectivity index (χ1v) is 8.94. The molecule has 28 heavy (non-hydrogen) atoms. The molecule has 3 aromatic rings. The normalized spacial score (nSPS) is 10.2. The molecule has 0 radical (unpaired) electrons. The Morgan fingerprint density at radius 1 is 0.964 bits per heavy atom. The summed E-state index contributed by atoms with van der Waals surface area (Å²) in [4.78, 5) is 29.1. The van der Waals surface area contributed by atoms with Gasteiger partial charge < -0.3 is 15.4 Å². The lowest BCUT2D eigenvalue weighted by Gasteiger charge is -2.11. The Morgan fingerprint density at radius 3 is 2.46 bits per heavy atom. The van der Waals surface area contributed by atoms with Crippen molar-refractivity contribution in [1.29, 1.82) is 0 Å². The molecule has 1 heterocycles. The first-order valence-electron chi connectivity index (χ1n) is 8.94. The van der Waals surface area contributed by atoms with E-state index < -0.39 is 0 Å². The van der Waals surface area contributed by atoms with E-state index in [1.165, 1.54) is 12.3 Å². The molecule has 2 N–H and O–H groups in total. The molecule has 0 saturated carbocycles. The van der Waals surface area contributed by atoms with E-state index in [1.54, 1.807) is 18.2 Å². The Bertz CT molecular complexity index is 984. The zero-order valence-corrected chi connectivity index (χ0v) is 15.7. The summed E-state index contributed by atoms with van der Waals surface area (Å²) in [6.45, 7) is 4.34. The summed E-state index contributed by atoms with van der Waals surface area (Å²) in [6.07, 6.45) is 1.44. The number of carbonyl (C=O) groups excluding carboxylic acids is 2. The molecule has 6 heteroatoms. The minimum Gasteiger partial charge on any atom is -0.492 e. The van der Waals surface area contributed by atoms with Crippen LogP contribution in [0.3, 0.4) is 0 Å². The van der Waals surface area contributed by atoms with Crippen LogP contribution in [0.2, 0.25) is 0 Å². The third kappa shape index (κ3) is 4.73. The van der Waals surface area contributed by atoms with Crippen LogP contribution >= 0.6 is 0 Å². The number of rotatable bonds is 6. The number of aromatic nitrogens is 1. The monoisotopic (exact) mass is 375 g/mol. The fourth-order valence-corrected chi connectivity index (χ4v) is 2.57. The van der Waals surface area contributed by atoms with Crippen LogP contribution in [-0.4, -0.2) is 23.4 Å². The molecule has 0 aliphatic rings. The van der Waals surface area contributed by atoms with Crippen LogP contribution in [0.15, 0.2) is 66.9 Å². The van der Waals surface area contributed by atoms with Crippen molar-refractivity contribution >= 4 is 23.2 Å². The number of nitrogens with zero attached hydrogens (tertiary/aromatic N) is 1. The quantitative estimate of drug-likeness (QED) is 0.673. The Hall–Kier alpha value is -3.67. The molecule has 0 aliphatic carbocycles. The summed E-state index contributed by atoms with van der Waals surface area (Å²) in [6, 6.07) is 17.6. The number of nitrogens with one attached hydrogen (secondary N) is 2. The smallest absolute Gasteiger partial charge is 0.274 e. The van der Waals surface area contributed by atoms with Crippen LogP contribution in [0.4, 0.5) is 11.4 Å². The van der Waals surface area contributed by atoms with Crippen LogP contribution in [0, 0.1) is 6.92 Å². The molecule has 6 nitrogen and oxygen atoms in total. The van der Waals surface area contributed by atoms with Crippen LogP contribution in [-0.2, 0) is 0 Å². The van der Waals surface area contributed by atoms with Crippen molar-refractivity contribution in [2.75, 3.05) is 17.2 Å². The van der Waals surface area contributed by atoms with Gasteiger partial charge in [0.2, 0.25) is 0 Å². The lowest BCUT2D eigenvalue weighted by Crippen LogP contribution is -2.17. The molecule has 142 valence electrons. The molecule has 0 unspecified atom stereocenters. The minimum absolute atomic E-state index is 0.159. The highest BCUT2D eigenvalue weighted by atomic mass is 16.5. The van der Waals surface area contributed by atoms with Gasteiger partial charge in [-0.2, -0.15) is 0 Å². The summed E-state index contributed by atoms with van der Waals surface area (Å²) >= 11 is 0. The van der Waals surface area contributed by atoms with E-state index in [0.29, 0.717) is 29.3 Å². The van der Waals surface area contributed by atoms with Gasteiger partial charge in [0, 0.05) is 17.4 Å². The number of pyridine rings is 1. The third-order valence-electron chi connectivity index (χ3n) is 4.00. The Morgan fingerprint density at radius 2 is 1.71 bits per heavy atom. The third-order valence-corrected chi connectivity index (χ3v) is 4.00. The predicted molar refractivity (Wildman–Crippen MR) is 109 cm³/mol. The average Bonchev–Trinajstić information content (AvgIpc) is 2.71. The summed E-state index contributed by atoms with van der Waals surface area (Å²) in [5.41, 5.74) is 2.82. The maximum absolute atomic E-state index is 12.6. The molecule has 0 fully saturated rings. The van der Waals surface area contributed by atoms with Gasteiger partial charge >= 0.3 is 0 Å². The lowest BCUT2D eigenvalue weighted by atomic mass is 10.2. The number of amides is 2. The topological polar surface area (TPSA) is 80.3 Å². The fraction of sp³-hybridized carbons (Fsp3) is 0.136. The Kier molecular flexibility index (Phi) is 6.01. The zero-order valence-electron chi connectivity index (χ0n) is 15.7. The van der Waals surface area contributed by atoms with Crippen molar-refractivity contribution < 1.29 is 14.3 Å². The SMILES string of the molecule is CCOc1ccccc1NC(=O)c1ccnc(C(=O)Nc2ccc(C)cc2)c1. The molecule has 1 aromatic heterocycles. The highest BCUT2D eigenvalue weighted by molar-refractivity contribution is 6.08. The van der Waals surface area contributed by atoms with Crippen molar-refractivity contribution in [3.8, 4) is 5.75 Å². The first-order chi connectivity index (χ1) is 13.6. The number of hydrogen-bond donors (Lipinski definition) is 2. The molecule has 0 bridgehead atoms. The molecule has 0 spiro atoms. The van der Waals surface area contributed by atoms with Gasteiger partial charge in [0.1, 0.15) is 11.4 Å². The van der Waals surface area contributed by atoms with Crippen LogP contribution < -0.4 is 15.4 Å². The van der Waals surface area contributed by atoms with Crippen molar-refractivity contribution in [2.45, 2.75) is 13.8 Å². The van der Waals surface area contributed by atoms with Gasteiger partial charge in [-0.15, -0.1) is 0 Å². The second kappa shape index (κ2) is 8.81. The van der Waals surface area contributed by atoms with Crippen molar-refractivity contribution in [2.24, 2.45) is 0 Å². The van der Waals surface area contributed by atoms with E-state index in [-0.39, 0.29) is 17.5 Å².